The third kappa shape index (κ3) is 4.50. The van der Waals surface area contributed by atoms with Crippen LogP contribution in [0.4, 0.5) is 11.4 Å². The zero-order valence-electron chi connectivity index (χ0n) is 17.2. The van der Waals surface area contributed by atoms with Gasteiger partial charge in [0.15, 0.2) is 5.69 Å². The average molecular weight is 425 g/mol. The second-order valence-corrected chi connectivity index (χ2v) is 7.79. The number of nitrogens with one attached hydrogen (secondary N) is 1. The SMILES string of the molecule is CCN1CCN(c2ccc(NC(=O)c3nc(-c4ccc(Cl)cc4)oc3C)cc2)CC1. The van der Waals surface area contributed by atoms with Gasteiger partial charge in [-0.25, -0.2) is 4.98 Å². The molecule has 0 spiro atoms. The molecule has 1 fully saturated rings. The van der Waals surface area contributed by atoms with Crippen LogP contribution in [0.25, 0.3) is 11.5 Å². The molecule has 7 heteroatoms. The third-order valence-corrected chi connectivity index (χ3v) is 5.66. The quantitative estimate of drug-likeness (QED) is 0.643. The number of likely N-dealkylation sites (N-methyl/N-ethyl adjacent to an activating group) is 1. The molecule has 30 heavy (non-hydrogen) atoms. The summed E-state index contributed by atoms with van der Waals surface area (Å²) in [6.07, 6.45) is 0. The lowest BCUT2D eigenvalue weighted by Crippen LogP contribution is -2.46. The first-order valence-corrected chi connectivity index (χ1v) is 10.5. The number of anilines is 2. The topological polar surface area (TPSA) is 61.6 Å². The zero-order valence-corrected chi connectivity index (χ0v) is 17.9. The van der Waals surface area contributed by atoms with E-state index in [9.17, 15) is 4.79 Å². The molecule has 2 aromatic carbocycles. The minimum Gasteiger partial charge on any atom is -0.441 e. The van der Waals surface area contributed by atoms with E-state index in [1.54, 1.807) is 19.1 Å². The maximum atomic E-state index is 12.7. The van der Waals surface area contributed by atoms with Crippen molar-refractivity contribution in [1.29, 1.82) is 0 Å². The van der Waals surface area contributed by atoms with Crippen LogP contribution in [0.3, 0.4) is 0 Å². The van der Waals surface area contributed by atoms with E-state index in [4.69, 9.17) is 16.0 Å². The summed E-state index contributed by atoms with van der Waals surface area (Å²) < 4.78 is 5.69. The van der Waals surface area contributed by atoms with Gasteiger partial charge in [-0.15, -0.1) is 0 Å². The van der Waals surface area contributed by atoms with Crippen LogP contribution in [-0.2, 0) is 0 Å². The van der Waals surface area contributed by atoms with Gasteiger partial charge in [0.2, 0.25) is 5.89 Å². The highest BCUT2D eigenvalue weighted by Gasteiger charge is 2.19. The molecule has 1 aromatic heterocycles. The number of oxazole rings is 1. The van der Waals surface area contributed by atoms with E-state index in [0.29, 0.717) is 16.7 Å². The van der Waals surface area contributed by atoms with Gasteiger partial charge in [-0.2, -0.15) is 0 Å². The number of piperazine rings is 1. The van der Waals surface area contributed by atoms with E-state index in [2.05, 4.69) is 27.0 Å². The van der Waals surface area contributed by atoms with Crippen molar-refractivity contribution >= 4 is 28.9 Å². The molecule has 1 aliphatic rings. The van der Waals surface area contributed by atoms with E-state index in [-0.39, 0.29) is 11.6 Å². The number of halogens is 1. The van der Waals surface area contributed by atoms with Crippen LogP contribution >= 0.6 is 11.6 Å². The van der Waals surface area contributed by atoms with E-state index in [0.717, 1.165) is 44.0 Å². The standard InChI is InChI=1S/C23H25ClN4O2/c1-3-27-12-14-28(15-13-27)20-10-8-19(9-11-20)25-22(29)21-16(2)30-23(26-21)17-4-6-18(24)7-5-17/h4-11H,3,12-15H2,1-2H3,(H,25,29). The molecule has 0 atom stereocenters. The van der Waals surface area contributed by atoms with Crippen molar-refractivity contribution in [2.45, 2.75) is 13.8 Å². The second-order valence-electron chi connectivity index (χ2n) is 7.35. The molecule has 0 unspecified atom stereocenters. The van der Waals surface area contributed by atoms with Gasteiger partial charge < -0.3 is 19.5 Å². The molecule has 0 aliphatic carbocycles. The van der Waals surface area contributed by atoms with Gasteiger partial charge in [-0.1, -0.05) is 18.5 Å². The minimum atomic E-state index is -0.291. The van der Waals surface area contributed by atoms with Gasteiger partial charge in [0.1, 0.15) is 5.76 Å². The number of hydrogen-bond donors (Lipinski definition) is 1. The fourth-order valence-corrected chi connectivity index (χ4v) is 3.72. The number of benzene rings is 2. The lowest BCUT2D eigenvalue weighted by atomic mass is 10.2. The maximum absolute atomic E-state index is 12.7. The zero-order chi connectivity index (χ0) is 21.1. The molecule has 0 bridgehead atoms. The highest BCUT2D eigenvalue weighted by molar-refractivity contribution is 6.30. The Labute approximate surface area is 181 Å². The van der Waals surface area contributed by atoms with Gasteiger partial charge in [-0.05, 0) is 62.0 Å². The van der Waals surface area contributed by atoms with E-state index >= 15 is 0 Å². The molecule has 3 aromatic rings. The molecule has 156 valence electrons. The van der Waals surface area contributed by atoms with Crippen LogP contribution in [0.2, 0.25) is 5.02 Å². The summed E-state index contributed by atoms with van der Waals surface area (Å²) in [5.41, 5.74) is 2.95. The van der Waals surface area contributed by atoms with Crippen LogP contribution in [0.15, 0.2) is 52.9 Å². The maximum Gasteiger partial charge on any atom is 0.277 e. The first-order valence-electron chi connectivity index (χ1n) is 10.2. The molecule has 2 heterocycles. The Hall–Kier alpha value is -2.83. The summed E-state index contributed by atoms with van der Waals surface area (Å²) in [5.74, 6) is 0.583. The first-order chi connectivity index (χ1) is 14.5. The molecule has 0 saturated carbocycles. The van der Waals surface area contributed by atoms with Crippen molar-refractivity contribution < 1.29 is 9.21 Å². The van der Waals surface area contributed by atoms with Gasteiger partial charge in [-0.3, -0.25) is 4.79 Å². The molecule has 1 aliphatic heterocycles. The van der Waals surface area contributed by atoms with Gasteiger partial charge in [0, 0.05) is 48.1 Å². The molecular formula is C23H25ClN4O2. The highest BCUT2D eigenvalue weighted by Crippen LogP contribution is 2.25. The predicted octanol–water partition coefficient (Wildman–Crippen LogP) is 4.70. The van der Waals surface area contributed by atoms with Crippen molar-refractivity contribution in [2.75, 3.05) is 42.9 Å². The normalized spacial score (nSPS) is 14.7. The summed E-state index contributed by atoms with van der Waals surface area (Å²) in [7, 11) is 0. The molecule has 1 N–H and O–H groups in total. The number of carbonyl (C=O) groups is 1. The number of nitrogens with zero attached hydrogens (tertiary/aromatic N) is 3. The lowest BCUT2D eigenvalue weighted by molar-refractivity contribution is 0.102. The minimum absolute atomic E-state index is 0.278. The van der Waals surface area contributed by atoms with E-state index < -0.39 is 0 Å². The Morgan fingerprint density at radius 3 is 2.37 bits per heavy atom. The summed E-state index contributed by atoms with van der Waals surface area (Å²) in [4.78, 5) is 21.9. The fraction of sp³-hybridized carbons (Fsp3) is 0.304. The van der Waals surface area contributed by atoms with Crippen molar-refractivity contribution in [3.05, 3.63) is 65.0 Å². The predicted molar refractivity (Wildman–Crippen MR) is 120 cm³/mol. The highest BCUT2D eigenvalue weighted by atomic mass is 35.5. The monoisotopic (exact) mass is 424 g/mol. The molecule has 1 saturated heterocycles. The average Bonchev–Trinajstić information content (AvgIpc) is 3.16. The number of amides is 1. The van der Waals surface area contributed by atoms with Crippen molar-refractivity contribution in [2.24, 2.45) is 0 Å². The van der Waals surface area contributed by atoms with Crippen LogP contribution in [0, 0.1) is 6.92 Å². The smallest absolute Gasteiger partial charge is 0.277 e. The van der Waals surface area contributed by atoms with E-state index in [1.165, 1.54) is 5.69 Å². The third-order valence-electron chi connectivity index (χ3n) is 5.41. The van der Waals surface area contributed by atoms with Crippen molar-refractivity contribution in [3.8, 4) is 11.5 Å². The number of carbonyl (C=O) groups excluding carboxylic acids is 1. The Balaban J connectivity index is 1.42. The second kappa shape index (κ2) is 8.90. The summed E-state index contributed by atoms with van der Waals surface area (Å²) in [5, 5.41) is 3.54. The molecule has 6 nitrogen and oxygen atoms in total. The number of rotatable bonds is 5. The lowest BCUT2D eigenvalue weighted by Gasteiger charge is -2.35. The van der Waals surface area contributed by atoms with Crippen molar-refractivity contribution in [3.63, 3.8) is 0 Å². The summed E-state index contributed by atoms with van der Waals surface area (Å²) in [6.45, 7) is 9.23. The first kappa shape index (κ1) is 20.4. The molecule has 0 radical (unpaired) electrons. The van der Waals surface area contributed by atoms with Gasteiger partial charge in [0.05, 0.1) is 0 Å². The Bertz CT molecular complexity index is 1010. The van der Waals surface area contributed by atoms with Crippen molar-refractivity contribution in [1.82, 2.24) is 9.88 Å². The van der Waals surface area contributed by atoms with Crippen LogP contribution in [0.1, 0.15) is 23.2 Å². The van der Waals surface area contributed by atoms with Crippen LogP contribution in [-0.4, -0.2) is 48.5 Å². The molecular weight excluding hydrogens is 400 g/mol. The Morgan fingerprint density at radius 2 is 1.73 bits per heavy atom. The number of hydrogen-bond acceptors (Lipinski definition) is 5. The summed E-state index contributed by atoms with van der Waals surface area (Å²) in [6, 6.07) is 15.1. The Morgan fingerprint density at radius 1 is 1.07 bits per heavy atom. The number of aryl methyl sites for hydroxylation is 1. The molecule has 1 amide bonds. The Kier molecular flexibility index (Phi) is 6.06. The number of aromatic nitrogens is 1. The van der Waals surface area contributed by atoms with Crippen LogP contribution in [0.5, 0.6) is 0 Å². The van der Waals surface area contributed by atoms with Crippen LogP contribution < -0.4 is 10.2 Å². The summed E-state index contributed by atoms with van der Waals surface area (Å²) >= 11 is 5.93. The van der Waals surface area contributed by atoms with E-state index in [1.807, 2.05) is 36.4 Å². The largest absolute Gasteiger partial charge is 0.441 e. The van der Waals surface area contributed by atoms with Gasteiger partial charge >= 0.3 is 0 Å². The fourth-order valence-electron chi connectivity index (χ4n) is 3.59. The molecule has 4 rings (SSSR count). The van der Waals surface area contributed by atoms with Gasteiger partial charge in [0.25, 0.3) is 5.91 Å².